The SMILES string of the molecule is CCN(CC)Cc1ccc(NC(=O)N/N=C/c2ccc(OCc3ccc(C(F)(F)F)cc3)cc2O)cc1. The second-order valence-electron chi connectivity index (χ2n) is 8.19. The monoisotopic (exact) mass is 514 g/mol. The molecule has 0 aliphatic heterocycles. The minimum atomic E-state index is -4.39. The van der Waals surface area contributed by atoms with Gasteiger partial charge in [-0.05, 0) is 60.6 Å². The van der Waals surface area contributed by atoms with Crippen LogP contribution in [0.3, 0.4) is 0 Å². The molecule has 0 aliphatic rings. The first kappa shape index (κ1) is 27.5. The van der Waals surface area contributed by atoms with Gasteiger partial charge in [0.2, 0.25) is 0 Å². The van der Waals surface area contributed by atoms with Crippen molar-refractivity contribution < 1.29 is 27.8 Å². The van der Waals surface area contributed by atoms with Crippen LogP contribution < -0.4 is 15.5 Å². The number of carbonyl (C=O) groups is 1. The van der Waals surface area contributed by atoms with Crippen molar-refractivity contribution in [3.05, 3.63) is 89.0 Å². The zero-order valence-electron chi connectivity index (χ0n) is 20.5. The third-order valence-corrected chi connectivity index (χ3v) is 5.57. The van der Waals surface area contributed by atoms with E-state index in [1.165, 1.54) is 30.5 Å². The lowest BCUT2D eigenvalue weighted by Crippen LogP contribution is -2.24. The molecule has 0 fully saturated rings. The second-order valence-corrected chi connectivity index (χ2v) is 8.19. The maximum atomic E-state index is 12.7. The summed E-state index contributed by atoms with van der Waals surface area (Å²) in [5.74, 6) is 0.185. The Morgan fingerprint density at radius 3 is 2.24 bits per heavy atom. The molecular formula is C27H29F3N4O3. The van der Waals surface area contributed by atoms with E-state index in [0.29, 0.717) is 22.6 Å². The van der Waals surface area contributed by atoms with Gasteiger partial charge in [-0.3, -0.25) is 4.90 Å². The number of benzene rings is 3. The third-order valence-electron chi connectivity index (χ3n) is 5.57. The first-order chi connectivity index (χ1) is 17.7. The first-order valence-electron chi connectivity index (χ1n) is 11.7. The minimum absolute atomic E-state index is 0.0309. The maximum Gasteiger partial charge on any atom is 0.416 e. The van der Waals surface area contributed by atoms with Crippen LogP contribution >= 0.6 is 0 Å². The lowest BCUT2D eigenvalue weighted by atomic mass is 10.1. The number of carbonyl (C=O) groups excluding carboxylic acids is 1. The lowest BCUT2D eigenvalue weighted by Gasteiger charge is -2.18. The van der Waals surface area contributed by atoms with Crippen LogP contribution in [-0.4, -0.2) is 35.3 Å². The topological polar surface area (TPSA) is 86.2 Å². The number of aromatic hydroxyl groups is 1. The number of hydrogen-bond donors (Lipinski definition) is 3. The Hall–Kier alpha value is -4.05. The van der Waals surface area contributed by atoms with Crippen LogP contribution in [-0.2, 0) is 19.3 Å². The van der Waals surface area contributed by atoms with Gasteiger partial charge >= 0.3 is 12.2 Å². The van der Waals surface area contributed by atoms with Gasteiger partial charge in [0.05, 0.1) is 11.8 Å². The maximum absolute atomic E-state index is 12.7. The predicted molar refractivity (Wildman–Crippen MR) is 137 cm³/mol. The fourth-order valence-corrected chi connectivity index (χ4v) is 3.40. The van der Waals surface area contributed by atoms with Gasteiger partial charge in [-0.1, -0.05) is 38.1 Å². The molecule has 37 heavy (non-hydrogen) atoms. The summed E-state index contributed by atoms with van der Waals surface area (Å²) in [6, 6.07) is 16.1. The van der Waals surface area contributed by atoms with E-state index in [-0.39, 0.29) is 12.4 Å². The minimum Gasteiger partial charge on any atom is -0.507 e. The van der Waals surface area contributed by atoms with Crippen LogP contribution in [0, 0.1) is 0 Å². The zero-order chi connectivity index (χ0) is 26.8. The summed E-state index contributed by atoms with van der Waals surface area (Å²) < 4.78 is 43.5. The first-order valence-corrected chi connectivity index (χ1v) is 11.7. The quantitative estimate of drug-likeness (QED) is 0.229. The lowest BCUT2D eigenvalue weighted by molar-refractivity contribution is -0.137. The molecule has 0 aliphatic carbocycles. The molecule has 0 unspecified atom stereocenters. The molecule has 0 radical (unpaired) electrons. The molecule has 0 heterocycles. The molecule has 3 aromatic rings. The van der Waals surface area contributed by atoms with E-state index in [1.807, 2.05) is 24.3 Å². The number of amides is 2. The largest absolute Gasteiger partial charge is 0.507 e. The molecular weight excluding hydrogens is 485 g/mol. The molecule has 0 spiro atoms. The summed E-state index contributed by atoms with van der Waals surface area (Å²) in [5, 5.41) is 16.7. The van der Waals surface area contributed by atoms with Crippen molar-refractivity contribution in [3.8, 4) is 11.5 Å². The summed E-state index contributed by atoms with van der Waals surface area (Å²) in [5.41, 5.74) is 4.26. The van der Waals surface area contributed by atoms with Crippen LogP contribution in [0.15, 0.2) is 71.8 Å². The van der Waals surface area contributed by atoms with Crippen molar-refractivity contribution in [3.63, 3.8) is 0 Å². The summed E-state index contributed by atoms with van der Waals surface area (Å²) in [7, 11) is 0. The van der Waals surface area contributed by atoms with Crippen LogP contribution in [0.5, 0.6) is 11.5 Å². The van der Waals surface area contributed by atoms with Crippen molar-refractivity contribution in [2.45, 2.75) is 33.2 Å². The number of rotatable bonds is 10. The number of phenols is 1. The summed E-state index contributed by atoms with van der Waals surface area (Å²) >= 11 is 0. The Balaban J connectivity index is 1.48. The molecule has 0 aromatic heterocycles. The second kappa shape index (κ2) is 12.8. The van der Waals surface area contributed by atoms with Gasteiger partial charge in [-0.25, -0.2) is 10.2 Å². The standard InChI is InChI=1S/C27H29F3N4O3/c1-3-34(4-2)17-19-7-12-23(13-8-19)32-26(36)33-31-16-21-9-14-24(15-25(21)35)37-18-20-5-10-22(11-6-20)27(28,29)30/h5-16,35H,3-4,17-18H2,1-2H3,(H2,32,33,36)/b31-16+. The molecule has 3 rings (SSSR count). The fourth-order valence-electron chi connectivity index (χ4n) is 3.40. The molecule has 0 atom stereocenters. The number of alkyl halides is 3. The van der Waals surface area contributed by atoms with E-state index in [2.05, 4.69) is 34.6 Å². The highest BCUT2D eigenvalue weighted by Crippen LogP contribution is 2.29. The number of ether oxygens (including phenoxy) is 1. The van der Waals surface area contributed by atoms with E-state index in [9.17, 15) is 23.1 Å². The van der Waals surface area contributed by atoms with Crippen LogP contribution in [0.4, 0.5) is 23.7 Å². The molecule has 196 valence electrons. The van der Waals surface area contributed by atoms with Crippen LogP contribution in [0.1, 0.15) is 36.1 Å². The van der Waals surface area contributed by atoms with Gasteiger partial charge in [0.15, 0.2) is 0 Å². The van der Waals surface area contributed by atoms with Gasteiger partial charge in [0.1, 0.15) is 18.1 Å². The molecule has 10 heteroatoms. The highest BCUT2D eigenvalue weighted by molar-refractivity contribution is 5.90. The Morgan fingerprint density at radius 2 is 1.65 bits per heavy atom. The highest BCUT2D eigenvalue weighted by Gasteiger charge is 2.29. The number of urea groups is 1. The van der Waals surface area contributed by atoms with Crippen molar-refractivity contribution in [1.29, 1.82) is 0 Å². The van der Waals surface area contributed by atoms with E-state index < -0.39 is 17.8 Å². The van der Waals surface area contributed by atoms with Crippen molar-refractivity contribution in [1.82, 2.24) is 10.3 Å². The average Bonchev–Trinajstić information content (AvgIpc) is 2.88. The van der Waals surface area contributed by atoms with Gasteiger partial charge in [0, 0.05) is 23.9 Å². The van der Waals surface area contributed by atoms with Crippen molar-refractivity contribution in [2.75, 3.05) is 18.4 Å². The Bertz CT molecular complexity index is 1190. The van der Waals surface area contributed by atoms with Crippen molar-refractivity contribution in [2.24, 2.45) is 5.10 Å². The van der Waals surface area contributed by atoms with E-state index in [1.54, 1.807) is 6.07 Å². The number of nitrogens with one attached hydrogen (secondary N) is 2. The summed E-state index contributed by atoms with van der Waals surface area (Å²) in [4.78, 5) is 14.4. The van der Waals surface area contributed by atoms with Crippen LogP contribution in [0.25, 0.3) is 0 Å². The Kier molecular flexibility index (Phi) is 9.51. The van der Waals surface area contributed by atoms with Gasteiger partial charge in [0.25, 0.3) is 0 Å². The van der Waals surface area contributed by atoms with Crippen molar-refractivity contribution >= 4 is 17.9 Å². The highest BCUT2D eigenvalue weighted by atomic mass is 19.4. The van der Waals surface area contributed by atoms with Gasteiger partial charge in [-0.15, -0.1) is 0 Å². The summed E-state index contributed by atoms with van der Waals surface area (Å²) in [6.07, 6.45) is -3.11. The summed E-state index contributed by atoms with van der Waals surface area (Å²) in [6.45, 7) is 7.02. The van der Waals surface area contributed by atoms with E-state index >= 15 is 0 Å². The Labute approximate surface area is 213 Å². The number of halogens is 3. The van der Waals surface area contributed by atoms with E-state index in [4.69, 9.17) is 4.74 Å². The molecule has 0 bridgehead atoms. The average molecular weight is 515 g/mol. The number of hydrogen-bond acceptors (Lipinski definition) is 5. The van der Waals surface area contributed by atoms with Gasteiger partial charge in [-0.2, -0.15) is 18.3 Å². The number of nitrogens with zero attached hydrogens (tertiary/aromatic N) is 2. The third kappa shape index (κ3) is 8.53. The zero-order valence-corrected chi connectivity index (χ0v) is 20.5. The predicted octanol–water partition coefficient (Wildman–Crippen LogP) is 5.99. The van der Waals surface area contributed by atoms with Crippen LogP contribution in [0.2, 0.25) is 0 Å². The van der Waals surface area contributed by atoms with Gasteiger partial charge < -0.3 is 15.2 Å². The normalized spacial score (nSPS) is 11.6. The Morgan fingerprint density at radius 1 is 1.00 bits per heavy atom. The number of anilines is 1. The molecule has 0 saturated carbocycles. The molecule has 2 amide bonds. The molecule has 3 N–H and O–H groups in total. The number of hydrazone groups is 1. The fraction of sp³-hybridized carbons (Fsp3) is 0.259. The van der Waals surface area contributed by atoms with E-state index in [0.717, 1.165) is 37.3 Å². The molecule has 7 nitrogen and oxygen atoms in total. The molecule has 3 aromatic carbocycles. The number of phenolic OH excluding ortho intramolecular Hbond substituents is 1. The smallest absolute Gasteiger partial charge is 0.416 e. The molecule has 0 saturated heterocycles.